The fourth-order valence-electron chi connectivity index (χ4n) is 5.29. The van der Waals surface area contributed by atoms with Crippen LogP contribution in [0.25, 0.3) is 10.8 Å². The first-order chi connectivity index (χ1) is 19.4. The van der Waals surface area contributed by atoms with Crippen LogP contribution < -0.4 is 14.5 Å². The van der Waals surface area contributed by atoms with Crippen LogP contribution in [0.4, 0.5) is 11.5 Å². The van der Waals surface area contributed by atoms with Gasteiger partial charge in [-0.1, -0.05) is 44.7 Å². The molecule has 0 atom stereocenters. The van der Waals surface area contributed by atoms with E-state index in [9.17, 15) is 9.90 Å². The Kier molecular flexibility index (Phi) is 9.82. The van der Waals surface area contributed by atoms with Crippen LogP contribution in [0.3, 0.4) is 0 Å². The molecule has 2 aromatic carbocycles. The number of piperazine rings is 1. The number of benzene rings is 2. The zero-order valence-electron chi connectivity index (χ0n) is 24.3. The van der Waals surface area contributed by atoms with Gasteiger partial charge in [-0.15, -0.1) is 0 Å². The van der Waals surface area contributed by atoms with Crippen LogP contribution in [0, 0.1) is 0 Å². The van der Waals surface area contributed by atoms with Crippen molar-refractivity contribution in [2.45, 2.75) is 33.2 Å². The van der Waals surface area contributed by atoms with Gasteiger partial charge in [0, 0.05) is 55.4 Å². The van der Waals surface area contributed by atoms with E-state index in [4.69, 9.17) is 9.72 Å². The Morgan fingerprint density at radius 2 is 1.85 bits per heavy atom. The molecule has 3 aromatic rings. The first-order valence-electron chi connectivity index (χ1n) is 14.1. The van der Waals surface area contributed by atoms with E-state index in [0.717, 1.165) is 46.5 Å². The second-order valence-electron chi connectivity index (χ2n) is 10.2. The Hall–Kier alpha value is -3.85. The van der Waals surface area contributed by atoms with Crippen LogP contribution in [-0.4, -0.2) is 90.8 Å². The predicted octanol–water partition coefficient (Wildman–Crippen LogP) is 4.09. The molecule has 2 aliphatic rings. The summed E-state index contributed by atoms with van der Waals surface area (Å²) in [5, 5.41) is 12.4. The molecular weight excluding hydrogens is 504 g/mol. The van der Waals surface area contributed by atoms with Crippen molar-refractivity contribution in [2.75, 3.05) is 69.8 Å². The van der Waals surface area contributed by atoms with Crippen LogP contribution in [0.1, 0.15) is 31.5 Å². The number of hydrogen-bond acceptors (Lipinski definition) is 8. The summed E-state index contributed by atoms with van der Waals surface area (Å²) in [5.41, 5.74) is 3.05. The Labute approximate surface area is 237 Å². The lowest BCUT2D eigenvalue weighted by atomic mass is 10.0. The van der Waals surface area contributed by atoms with Crippen molar-refractivity contribution in [3.8, 4) is 11.8 Å². The molecule has 0 spiro atoms. The molecule has 2 aliphatic heterocycles. The number of anilines is 2. The molecule has 0 unspecified atom stereocenters. The van der Waals surface area contributed by atoms with Gasteiger partial charge in [0.15, 0.2) is 0 Å². The summed E-state index contributed by atoms with van der Waals surface area (Å²) in [5.74, 6) is 1.11. The maximum absolute atomic E-state index is 12.0. The number of rotatable bonds is 7. The lowest BCUT2D eigenvalue weighted by molar-refractivity contribution is -0.126. The first kappa shape index (κ1) is 29.1. The van der Waals surface area contributed by atoms with E-state index < -0.39 is 0 Å². The van der Waals surface area contributed by atoms with E-state index in [0.29, 0.717) is 38.7 Å². The number of carbonyl (C=O) groups excluding carboxylic acids is 1. The molecule has 40 heavy (non-hydrogen) atoms. The second-order valence-corrected chi connectivity index (χ2v) is 10.2. The SMILES string of the molecule is C=CC(=O)N1CCN(c2nc(OC)nc3c2CCN(c2cc(O)cc4ccccc24)C3)CC1.CCCN(C)CC. The number of carbonyl (C=O) groups is 1. The van der Waals surface area contributed by atoms with Gasteiger partial charge in [-0.2, -0.15) is 9.97 Å². The van der Waals surface area contributed by atoms with Crippen molar-refractivity contribution in [1.29, 1.82) is 0 Å². The number of fused-ring (bicyclic) bond motifs is 2. The third kappa shape index (κ3) is 6.65. The molecule has 1 fully saturated rings. The third-order valence-corrected chi connectivity index (χ3v) is 7.58. The molecule has 1 aromatic heterocycles. The van der Waals surface area contributed by atoms with Gasteiger partial charge < -0.3 is 29.4 Å². The van der Waals surface area contributed by atoms with Crippen molar-refractivity contribution in [1.82, 2.24) is 19.8 Å². The molecule has 1 saturated heterocycles. The van der Waals surface area contributed by atoms with Gasteiger partial charge in [-0.05, 0) is 50.5 Å². The normalized spacial score (nSPS) is 15.0. The van der Waals surface area contributed by atoms with Crippen molar-refractivity contribution >= 4 is 28.2 Å². The Morgan fingerprint density at radius 3 is 2.50 bits per heavy atom. The highest BCUT2D eigenvalue weighted by Gasteiger charge is 2.29. The molecular formula is C31H42N6O3. The summed E-state index contributed by atoms with van der Waals surface area (Å²) in [4.78, 5) is 29.9. The van der Waals surface area contributed by atoms with E-state index in [1.165, 1.54) is 25.6 Å². The summed E-state index contributed by atoms with van der Waals surface area (Å²) in [6.45, 7) is 14.4. The highest BCUT2D eigenvalue weighted by Crippen LogP contribution is 2.36. The summed E-state index contributed by atoms with van der Waals surface area (Å²) in [6.07, 6.45) is 3.42. The maximum Gasteiger partial charge on any atom is 0.318 e. The molecule has 9 heteroatoms. The van der Waals surface area contributed by atoms with E-state index in [1.807, 2.05) is 29.2 Å². The lowest BCUT2D eigenvalue weighted by Gasteiger charge is -2.38. The van der Waals surface area contributed by atoms with E-state index in [1.54, 1.807) is 13.2 Å². The molecule has 0 saturated carbocycles. The number of ether oxygens (including phenoxy) is 1. The van der Waals surface area contributed by atoms with E-state index >= 15 is 0 Å². The minimum Gasteiger partial charge on any atom is -0.508 e. The molecule has 9 nitrogen and oxygen atoms in total. The average molecular weight is 547 g/mol. The Bertz CT molecular complexity index is 1320. The molecule has 0 radical (unpaired) electrons. The van der Waals surface area contributed by atoms with Crippen LogP contribution in [-0.2, 0) is 17.8 Å². The summed E-state index contributed by atoms with van der Waals surface area (Å²) >= 11 is 0. The van der Waals surface area contributed by atoms with Gasteiger partial charge in [-0.25, -0.2) is 0 Å². The van der Waals surface area contributed by atoms with Gasteiger partial charge >= 0.3 is 6.01 Å². The van der Waals surface area contributed by atoms with Gasteiger partial charge in [0.25, 0.3) is 0 Å². The fraction of sp³-hybridized carbons (Fsp3) is 0.452. The third-order valence-electron chi connectivity index (χ3n) is 7.58. The number of phenols is 1. The maximum atomic E-state index is 12.0. The quantitative estimate of drug-likeness (QED) is 0.444. The molecule has 5 rings (SSSR count). The van der Waals surface area contributed by atoms with Gasteiger partial charge in [-0.3, -0.25) is 4.79 Å². The molecule has 3 heterocycles. The number of nitrogens with zero attached hydrogens (tertiary/aromatic N) is 6. The zero-order chi connectivity index (χ0) is 28.6. The number of hydrogen-bond donors (Lipinski definition) is 1. The topological polar surface area (TPSA) is 85.3 Å². The molecule has 0 bridgehead atoms. The van der Waals surface area contributed by atoms with Crippen LogP contribution >= 0.6 is 0 Å². The van der Waals surface area contributed by atoms with Crippen molar-refractivity contribution in [3.63, 3.8) is 0 Å². The highest BCUT2D eigenvalue weighted by atomic mass is 16.5. The number of methoxy groups -OCH3 is 1. The smallest absolute Gasteiger partial charge is 0.318 e. The Morgan fingerprint density at radius 1 is 1.10 bits per heavy atom. The van der Waals surface area contributed by atoms with Crippen molar-refractivity contribution in [3.05, 3.63) is 60.3 Å². The first-order valence-corrected chi connectivity index (χ1v) is 14.1. The molecule has 1 N–H and O–H groups in total. The molecule has 214 valence electrons. The summed E-state index contributed by atoms with van der Waals surface area (Å²) < 4.78 is 5.43. The van der Waals surface area contributed by atoms with Crippen molar-refractivity contribution in [2.24, 2.45) is 0 Å². The molecule has 1 amide bonds. The number of aromatic nitrogens is 2. The summed E-state index contributed by atoms with van der Waals surface area (Å²) in [6, 6.07) is 12.0. The monoisotopic (exact) mass is 546 g/mol. The number of phenolic OH excluding ortho intramolecular Hbond substituents is 1. The van der Waals surface area contributed by atoms with Crippen LogP contribution in [0.5, 0.6) is 11.8 Å². The minimum absolute atomic E-state index is 0.0362. The van der Waals surface area contributed by atoms with Crippen LogP contribution in [0.2, 0.25) is 0 Å². The number of amides is 1. The van der Waals surface area contributed by atoms with E-state index in [-0.39, 0.29) is 11.7 Å². The van der Waals surface area contributed by atoms with Gasteiger partial charge in [0.2, 0.25) is 5.91 Å². The minimum atomic E-state index is -0.0362. The lowest BCUT2D eigenvalue weighted by Crippen LogP contribution is -2.49. The fourth-order valence-corrected chi connectivity index (χ4v) is 5.29. The van der Waals surface area contributed by atoms with E-state index in [2.05, 4.69) is 53.2 Å². The Balaban J connectivity index is 0.000000470. The van der Waals surface area contributed by atoms with Crippen molar-refractivity contribution < 1.29 is 14.6 Å². The molecule has 0 aliphatic carbocycles. The zero-order valence-corrected chi connectivity index (χ0v) is 24.3. The highest BCUT2D eigenvalue weighted by molar-refractivity contribution is 5.95. The van der Waals surface area contributed by atoms with Crippen LogP contribution in [0.15, 0.2) is 49.1 Å². The number of aromatic hydroxyl groups is 1. The predicted molar refractivity (Wildman–Crippen MR) is 161 cm³/mol. The second kappa shape index (κ2) is 13.5. The standard InChI is InChI=1S/C25H27N5O3.C6H15N/c1-3-23(32)28-10-12-29(13-11-28)24-20-8-9-30(16-21(20)26-25(27-24)33-2)22-15-18(31)14-17-6-4-5-7-19(17)22;1-4-6-7(3)5-2/h3-7,14-15,31H,1,8-13,16H2,2H3;4-6H2,1-3H3. The average Bonchev–Trinajstić information content (AvgIpc) is 2.99. The summed E-state index contributed by atoms with van der Waals surface area (Å²) in [7, 11) is 3.72. The largest absolute Gasteiger partial charge is 0.508 e. The van der Waals surface area contributed by atoms with Gasteiger partial charge in [0.1, 0.15) is 11.6 Å². The van der Waals surface area contributed by atoms with Gasteiger partial charge in [0.05, 0.1) is 19.3 Å².